The number of para-hydroxylation sites is 1. The average Bonchev–Trinajstić information content (AvgIpc) is 2.91. The Balaban J connectivity index is 0.00000200. The molecule has 1 aliphatic heterocycles. The van der Waals surface area contributed by atoms with Crippen LogP contribution in [0.15, 0.2) is 24.3 Å². The zero-order valence-electron chi connectivity index (χ0n) is 11.2. The van der Waals surface area contributed by atoms with Gasteiger partial charge in [-0.1, -0.05) is 12.1 Å². The van der Waals surface area contributed by atoms with Gasteiger partial charge in [-0.2, -0.15) is 0 Å². The van der Waals surface area contributed by atoms with Crippen LogP contribution in [0.5, 0.6) is 5.75 Å². The fourth-order valence-electron chi connectivity index (χ4n) is 2.03. The summed E-state index contributed by atoms with van der Waals surface area (Å²) in [5, 5.41) is 0. The van der Waals surface area contributed by atoms with Crippen LogP contribution in [0.3, 0.4) is 0 Å². The standard InChI is InChI=1S/C14H18FNO3.ClH/c15-12-5-1-2-6-13(12)19-11-14(17)18-10-9-16-7-3-4-8-16;/h1-2,5-6H,3-4,7-11H2;1H. The highest BCUT2D eigenvalue weighted by Gasteiger charge is 2.12. The molecule has 112 valence electrons. The summed E-state index contributed by atoms with van der Waals surface area (Å²) in [5.74, 6) is -0.881. The normalized spacial score (nSPS) is 14.7. The lowest BCUT2D eigenvalue weighted by atomic mass is 10.3. The van der Waals surface area contributed by atoms with Crippen molar-refractivity contribution in [2.75, 3.05) is 32.8 Å². The molecule has 0 amide bonds. The number of carbonyl (C=O) groups is 1. The minimum Gasteiger partial charge on any atom is -0.479 e. The molecule has 0 saturated carbocycles. The number of benzene rings is 1. The first kappa shape index (κ1) is 16.7. The van der Waals surface area contributed by atoms with Gasteiger partial charge in [0.25, 0.3) is 0 Å². The predicted octanol–water partition coefficient (Wildman–Crippen LogP) is 2.27. The molecule has 0 N–H and O–H groups in total. The molecule has 1 aliphatic rings. The van der Waals surface area contributed by atoms with Crippen molar-refractivity contribution in [1.82, 2.24) is 4.90 Å². The predicted molar refractivity (Wildman–Crippen MR) is 75.8 cm³/mol. The first-order valence-corrected chi connectivity index (χ1v) is 6.51. The Morgan fingerprint density at radius 1 is 1.25 bits per heavy atom. The summed E-state index contributed by atoms with van der Waals surface area (Å²) in [5.41, 5.74) is 0. The summed E-state index contributed by atoms with van der Waals surface area (Å²) in [7, 11) is 0. The van der Waals surface area contributed by atoms with Gasteiger partial charge < -0.3 is 9.47 Å². The molecule has 20 heavy (non-hydrogen) atoms. The van der Waals surface area contributed by atoms with Gasteiger partial charge in [0.15, 0.2) is 18.2 Å². The highest BCUT2D eigenvalue weighted by Crippen LogP contribution is 2.15. The lowest BCUT2D eigenvalue weighted by Gasteiger charge is -2.14. The summed E-state index contributed by atoms with van der Waals surface area (Å²) < 4.78 is 23.3. The minimum absolute atomic E-state index is 0. The second kappa shape index (κ2) is 8.76. The molecule has 1 heterocycles. The van der Waals surface area contributed by atoms with E-state index in [2.05, 4.69) is 4.90 Å². The highest BCUT2D eigenvalue weighted by atomic mass is 35.5. The van der Waals surface area contributed by atoms with E-state index in [1.807, 2.05) is 0 Å². The van der Waals surface area contributed by atoms with Gasteiger partial charge in [-0.25, -0.2) is 9.18 Å². The number of ether oxygens (including phenoxy) is 2. The van der Waals surface area contributed by atoms with Gasteiger partial charge in [-0.3, -0.25) is 4.90 Å². The fraction of sp³-hybridized carbons (Fsp3) is 0.500. The van der Waals surface area contributed by atoms with Crippen LogP contribution in [-0.4, -0.2) is 43.7 Å². The molecule has 1 aromatic rings. The molecule has 4 nitrogen and oxygen atoms in total. The first-order chi connectivity index (χ1) is 9.25. The van der Waals surface area contributed by atoms with Crippen molar-refractivity contribution in [3.05, 3.63) is 30.1 Å². The van der Waals surface area contributed by atoms with Crippen molar-refractivity contribution < 1.29 is 18.7 Å². The smallest absolute Gasteiger partial charge is 0.344 e. The molecule has 0 spiro atoms. The van der Waals surface area contributed by atoms with E-state index in [9.17, 15) is 9.18 Å². The molecule has 0 atom stereocenters. The number of hydrogen-bond donors (Lipinski definition) is 0. The van der Waals surface area contributed by atoms with Gasteiger partial charge in [-0.05, 0) is 38.1 Å². The molecular formula is C14H19ClFNO3. The average molecular weight is 304 g/mol. The molecule has 0 aromatic heterocycles. The van der Waals surface area contributed by atoms with Gasteiger partial charge in [0.2, 0.25) is 0 Å². The third-order valence-corrected chi connectivity index (χ3v) is 3.05. The highest BCUT2D eigenvalue weighted by molar-refractivity contribution is 5.85. The van der Waals surface area contributed by atoms with E-state index in [0.29, 0.717) is 6.61 Å². The number of likely N-dealkylation sites (tertiary alicyclic amines) is 1. The van der Waals surface area contributed by atoms with E-state index in [4.69, 9.17) is 9.47 Å². The third-order valence-electron chi connectivity index (χ3n) is 3.05. The minimum atomic E-state index is -0.479. The molecular weight excluding hydrogens is 285 g/mol. The number of nitrogens with zero attached hydrogens (tertiary/aromatic N) is 1. The van der Waals surface area contributed by atoms with E-state index in [0.717, 1.165) is 19.6 Å². The number of rotatable bonds is 6. The number of halogens is 2. The van der Waals surface area contributed by atoms with Crippen LogP contribution >= 0.6 is 12.4 Å². The number of carbonyl (C=O) groups excluding carboxylic acids is 1. The first-order valence-electron chi connectivity index (χ1n) is 6.51. The lowest BCUT2D eigenvalue weighted by molar-refractivity contribution is -0.146. The molecule has 0 bridgehead atoms. The zero-order chi connectivity index (χ0) is 13.5. The van der Waals surface area contributed by atoms with Gasteiger partial charge in [-0.15, -0.1) is 12.4 Å². The third kappa shape index (κ3) is 5.35. The number of esters is 1. The molecule has 0 aliphatic carbocycles. The molecule has 2 rings (SSSR count). The van der Waals surface area contributed by atoms with Crippen LogP contribution in [-0.2, 0) is 9.53 Å². The van der Waals surface area contributed by atoms with E-state index >= 15 is 0 Å². The van der Waals surface area contributed by atoms with Gasteiger partial charge >= 0.3 is 5.97 Å². The summed E-state index contributed by atoms with van der Waals surface area (Å²) in [6.45, 7) is 3.00. The van der Waals surface area contributed by atoms with Crippen molar-refractivity contribution in [3.8, 4) is 5.75 Å². The molecule has 1 saturated heterocycles. The van der Waals surface area contributed by atoms with Crippen LogP contribution < -0.4 is 4.74 Å². The second-order valence-electron chi connectivity index (χ2n) is 4.49. The van der Waals surface area contributed by atoms with Gasteiger partial charge in [0, 0.05) is 6.54 Å². The Bertz CT molecular complexity index is 425. The van der Waals surface area contributed by atoms with Crippen molar-refractivity contribution >= 4 is 18.4 Å². The van der Waals surface area contributed by atoms with Gasteiger partial charge in [0.05, 0.1) is 0 Å². The SMILES string of the molecule is Cl.O=C(COc1ccccc1F)OCCN1CCCC1. The van der Waals surface area contributed by atoms with Crippen molar-refractivity contribution in [2.24, 2.45) is 0 Å². The molecule has 1 fully saturated rings. The monoisotopic (exact) mass is 303 g/mol. The van der Waals surface area contributed by atoms with E-state index in [1.54, 1.807) is 12.1 Å². The van der Waals surface area contributed by atoms with Crippen LogP contribution in [0.4, 0.5) is 4.39 Å². The molecule has 1 aromatic carbocycles. The maximum atomic E-state index is 13.2. The Labute approximate surface area is 124 Å². The van der Waals surface area contributed by atoms with Crippen molar-refractivity contribution in [2.45, 2.75) is 12.8 Å². The second-order valence-corrected chi connectivity index (χ2v) is 4.49. The topological polar surface area (TPSA) is 38.8 Å². The Kier molecular flexibility index (Phi) is 7.33. The summed E-state index contributed by atoms with van der Waals surface area (Å²) in [6.07, 6.45) is 2.43. The summed E-state index contributed by atoms with van der Waals surface area (Å²) >= 11 is 0. The molecule has 6 heteroatoms. The largest absolute Gasteiger partial charge is 0.479 e. The Morgan fingerprint density at radius 3 is 2.65 bits per heavy atom. The molecule has 0 radical (unpaired) electrons. The van der Waals surface area contributed by atoms with Crippen molar-refractivity contribution in [1.29, 1.82) is 0 Å². The zero-order valence-corrected chi connectivity index (χ0v) is 12.0. The molecule has 0 unspecified atom stereocenters. The number of hydrogen-bond acceptors (Lipinski definition) is 4. The van der Waals surface area contributed by atoms with Crippen LogP contribution in [0.1, 0.15) is 12.8 Å². The van der Waals surface area contributed by atoms with Crippen molar-refractivity contribution in [3.63, 3.8) is 0 Å². The maximum Gasteiger partial charge on any atom is 0.344 e. The van der Waals surface area contributed by atoms with Crippen LogP contribution in [0, 0.1) is 5.82 Å². The lowest BCUT2D eigenvalue weighted by Crippen LogP contribution is -2.26. The van der Waals surface area contributed by atoms with Gasteiger partial charge in [0.1, 0.15) is 6.61 Å². The Morgan fingerprint density at radius 2 is 1.95 bits per heavy atom. The van der Waals surface area contributed by atoms with Crippen LogP contribution in [0.2, 0.25) is 0 Å². The van der Waals surface area contributed by atoms with Crippen LogP contribution in [0.25, 0.3) is 0 Å². The quantitative estimate of drug-likeness (QED) is 0.756. The summed E-state index contributed by atoms with van der Waals surface area (Å²) in [6, 6.07) is 5.98. The fourth-order valence-corrected chi connectivity index (χ4v) is 2.03. The maximum absolute atomic E-state index is 13.2. The Hall–Kier alpha value is -1.33. The van der Waals surface area contributed by atoms with E-state index in [1.165, 1.54) is 25.0 Å². The summed E-state index contributed by atoms with van der Waals surface area (Å²) in [4.78, 5) is 13.7. The van der Waals surface area contributed by atoms with E-state index < -0.39 is 11.8 Å². The van der Waals surface area contributed by atoms with E-state index in [-0.39, 0.29) is 24.8 Å².